The minimum atomic E-state index is 0.0736. The molecule has 4 nitrogen and oxygen atoms in total. The first-order chi connectivity index (χ1) is 9.20. The van der Waals surface area contributed by atoms with Gasteiger partial charge < -0.3 is 10.6 Å². The average molecular weight is 275 g/mol. The van der Waals surface area contributed by atoms with E-state index in [4.69, 9.17) is 0 Å². The van der Waals surface area contributed by atoms with Crippen molar-refractivity contribution < 1.29 is 4.79 Å². The first-order valence-electron chi connectivity index (χ1n) is 6.58. The Hall–Kier alpha value is -1.46. The Morgan fingerprint density at radius 3 is 3.26 bits per heavy atom. The van der Waals surface area contributed by atoms with Crippen LogP contribution in [-0.2, 0) is 4.79 Å². The van der Waals surface area contributed by atoms with Gasteiger partial charge in [0.15, 0.2) is 5.13 Å². The number of aromatic nitrogens is 1. The van der Waals surface area contributed by atoms with Gasteiger partial charge in [-0.15, -0.1) is 0 Å². The van der Waals surface area contributed by atoms with E-state index in [1.807, 2.05) is 12.1 Å². The number of hydrogen-bond acceptors (Lipinski definition) is 4. The lowest BCUT2D eigenvalue weighted by Crippen LogP contribution is -2.18. The van der Waals surface area contributed by atoms with Gasteiger partial charge in [0.05, 0.1) is 10.2 Å². The second-order valence-electron chi connectivity index (χ2n) is 5.10. The summed E-state index contributed by atoms with van der Waals surface area (Å²) in [6.07, 6.45) is 1.68. The van der Waals surface area contributed by atoms with Crippen LogP contribution < -0.4 is 10.6 Å². The molecule has 0 bridgehead atoms. The number of anilines is 1. The third-order valence-corrected chi connectivity index (χ3v) is 4.36. The number of carbonyl (C=O) groups excluding carboxylic acids is 1. The molecule has 2 heterocycles. The highest BCUT2D eigenvalue weighted by molar-refractivity contribution is 7.22. The molecular formula is C14H17N3OS. The number of rotatable bonds is 3. The van der Waals surface area contributed by atoms with Gasteiger partial charge in [0.2, 0.25) is 5.91 Å². The molecule has 1 fully saturated rings. The fraction of sp³-hybridized carbons (Fsp3) is 0.429. The quantitative estimate of drug-likeness (QED) is 0.905. The first kappa shape index (κ1) is 12.6. The number of hydrogen-bond donors (Lipinski definition) is 2. The van der Waals surface area contributed by atoms with Crippen LogP contribution in [0.2, 0.25) is 0 Å². The fourth-order valence-electron chi connectivity index (χ4n) is 2.41. The monoisotopic (exact) mass is 275 g/mol. The summed E-state index contributed by atoms with van der Waals surface area (Å²) >= 11 is 1.54. The van der Waals surface area contributed by atoms with Crippen molar-refractivity contribution in [2.75, 3.05) is 18.4 Å². The lowest BCUT2D eigenvalue weighted by Gasteiger charge is -2.06. The molecule has 2 N–H and O–H groups in total. The van der Waals surface area contributed by atoms with E-state index in [-0.39, 0.29) is 5.91 Å². The van der Waals surface area contributed by atoms with Crippen molar-refractivity contribution in [3.05, 3.63) is 23.8 Å². The zero-order valence-electron chi connectivity index (χ0n) is 10.9. The number of amides is 1. The number of benzene rings is 1. The zero-order chi connectivity index (χ0) is 13.2. The molecule has 1 atom stereocenters. The molecular weight excluding hydrogens is 258 g/mol. The van der Waals surface area contributed by atoms with Crippen LogP contribution in [0.25, 0.3) is 10.2 Å². The number of aryl methyl sites for hydroxylation is 1. The van der Waals surface area contributed by atoms with Crippen LogP contribution in [-0.4, -0.2) is 24.0 Å². The Morgan fingerprint density at radius 2 is 2.47 bits per heavy atom. The van der Waals surface area contributed by atoms with E-state index in [9.17, 15) is 4.79 Å². The van der Waals surface area contributed by atoms with E-state index < -0.39 is 0 Å². The van der Waals surface area contributed by atoms with E-state index in [1.165, 1.54) is 16.9 Å². The minimum Gasteiger partial charge on any atom is -0.316 e. The minimum absolute atomic E-state index is 0.0736. The van der Waals surface area contributed by atoms with Crippen LogP contribution in [0.5, 0.6) is 0 Å². The molecule has 1 aromatic heterocycles. The molecule has 1 aromatic carbocycles. The molecule has 1 aliphatic rings. The molecule has 0 aliphatic carbocycles. The van der Waals surface area contributed by atoms with E-state index >= 15 is 0 Å². The third-order valence-electron chi connectivity index (χ3n) is 3.43. The molecule has 1 amide bonds. The molecule has 1 saturated heterocycles. The van der Waals surface area contributed by atoms with Gasteiger partial charge in [0.25, 0.3) is 0 Å². The van der Waals surface area contributed by atoms with Crippen LogP contribution in [0, 0.1) is 12.8 Å². The first-order valence-corrected chi connectivity index (χ1v) is 7.40. The van der Waals surface area contributed by atoms with Gasteiger partial charge in [-0.25, -0.2) is 4.98 Å². The molecule has 3 rings (SSSR count). The summed E-state index contributed by atoms with van der Waals surface area (Å²) in [5.41, 5.74) is 2.17. The molecule has 2 aromatic rings. The van der Waals surface area contributed by atoms with Gasteiger partial charge >= 0.3 is 0 Å². The average Bonchev–Trinajstić information content (AvgIpc) is 2.97. The van der Waals surface area contributed by atoms with Crippen LogP contribution in [0.3, 0.4) is 0 Å². The number of thiazole rings is 1. The maximum Gasteiger partial charge on any atom is 0.226 e. The van der Waals surface area contributed by atoms with Crippen molar-refractivity contribution in [1.29, 1.82) is 0 Å². The maximum atomic E-state index is 11.9. The van der Waals surface area contributed by atoms with Crippen molar-refractivity contribution in [2.45, 2.75) is 19.8 Å². The highest BCUT2D eigenvalue weighted by Crippen LogP contribution is 2.27. The molecule has 19 heavy (non-hydrogen) atoms. The summed E-state index contributed by atoms with van der Waals surface area (Å²) in [5.74, 6) is 0.543. The van der Waals surface area contributed by atoms with E-state index in [0.29, 0.717) is 17.5 Å². The predicted molar refractivity (Wildman–Crippen MR) is 78.6 cm³/mol. The Labute approximate surface area is 116 Å². The highest BCUT2D eigenvalue weighted by Gasteiger charge is 2.18. The molecule has 5 heteroatoms. The molecule has 0 radical (unpaired) electrons. The lowest BCUT2D eigenvalue weighted by molar-refractivity contribution is -0.116. The Bertz CT molecular complexity index is 602. The summed E-state index contributed by atoms with van der Waals surface area (Å²) < 4.78 is 1.12. The second kappa shape index (κ2) is 5.27. The Balaban J connectivity index is 1.68. The molecule has 0 saturated carbocycles. The molecule has 1 unspecified atom stereocenters. The van der Waals surface area contributed by atoms with Crippen molar-refractivity contribution in [2.24, 2.45) is 5.92 Å². The zero-order valence-corrected chi connectivity index (χ0v) is 11.7. The molecule has 0 spiro atoms. The number of nitrogens with zero attached hydrogens (tertiary/aromatic N) is 1. The normalized spacial score (nSPS) is 18.9. The molecule has 100 valence electrons. The van der Waals surface area contributed by atoms with Gasteiger partial charge in [-0.2, -0.15) is 0 Å². The smallest absolute Gasteiger partial charge is 0.226 e. The van der Waals surface area contributed by atoms with Crippen LogP contribution in [0.15, 0.2) is 18.2 Å². The Kier molecular flexibility index (Phi) is 3.48. The van der Waals surface area contributed by atoms with Gasteiger partial charge in [0, 0.05) is 6.42 Å². The highest BCUT2D eigenvalue weighted by atomic mass is 32.1. The summed E-state index contributed by atoms with van der Waals surface area (Å²) in [4.78, 5) is 16.4. The van der Waals surface area contributed by atoms with E-state index in [1.54, 1.807) is 0 Å². The number of nitrogens with one attached hydrogen (secondary N) is 2. The summed E-state index contributed by atoms with van der Waals surface area (Å²) in [6.45, 7) is 4.04. The van der Waals surface area contributed by atoms with Crippen LogP contribution in [0.4, 0.5) is 5.13 Å². The van der Waals surface area contributed by atoms with Gasteiger partial charge in [-0.05, 0) is 50.0 Å². The standard InChI is InChI=1S/C14H17N3OS/c1-9-2-3-11-12(6-9)19-14(16-11)17-13(18)7-10-4-5-15-8-10/h2-3,6,10,15H,4-5,7-8H2,1H3,(H,16,17,18). The van der Waals surface area contributed by atoms with Gasteiger partial charge in [-0.3, -0.25) is 4.79 Å². The van der Waals surface area contributed by atoms with Crippen LogP contribution >= 0.6 is 11.3 Å². The number of carbonyl (C=O) groups is 1. The SMILES string of the molecule is Cc1ccc2nc(NC(=O)CC3CCNC3)sc2c1. The fourth-order valence-corrected chi connectivity index (χ4v) is 3.39. The summed E-state index contributed by atoms with van der Waals surface area (Å²) in [5, 5.41) is 6.90. The van der Waals surface area contributed by atoms with Gasteiger partial charge in [-0.1, -0.05) is 17.4 Å². The van der Waals surface area contributed by atoms with E-state index in [2.05, 4.69) is 28.6 Å². The van der Waals surface area contributed by atoms with E-state index in [0.717, 1.165) is 29.7 Å². The van der Waals surface area contributed by atoms with Crippen molar-refractivity contribution in [3.8, 4) is 0 Å². The van der Waals surface area contributed by atoms with Crippen molar-refractivity contribution >= 4 is 32.6 Å². The largest absolute Gasteiger partial charge is 0.316 e. The van der Waals surface area contributed by atoms with Gasteiger partial charge in [0.1, 0.15) is 0 Å². The molecule has 1 aliphatic heterocycles. The number of fused-ring (bicyclic) bond motifs is 1. The summed E-state index contributed by atoms with van der Waals surface area (Å²) in [7, 11) is 0. The predicted octanol–water partition coefficient (Wildman–Crippen LogP) is 2.54. The second-order valence-corrected chi connectivity index (χ2v) is 6.13. The van der Waals surface area contributed by atoms with Crippen molar-refractivity contribution in [1.82, 2.24) is 10.3 Å². The van der Waals surface area contributed by atoms with Crippen LogP contribution in [0.1, 0.15) is 18.4 Å². The topological polar surface area (TPSA) is 54.0 Å². The maximum absolute atomic E-state index is 11.9. The Morgan fingerprint density at radius 1 is 1.58 bits per heavy atom. The third kappa shape index (κ3) is 2.93. The summed E-state index contributed by atoms with van der Waals surface area (Å²) in [6, 6.07) is 6.14. The lowest BCUT2D eigenvalue weighted by atomic mass is 10.1. The van der Waals surface area contributed by atoms with Crippen molar-refractivity contribution in [3.63, 3.8) is 0 Å².